The number of carbonyl (C=O) groups excluding carboxylic acids is 1. The molecule has 1 N–H and O–H groups in total. The normalized spacial score (nSPS) is 17.1. The van der Waals surface area contributed by atoms with Crippen LogP contribution in [0.3, 0.4) is 0 Å². The minimum absolute atomic E-state index is 0.108. The Morgan fingerprint density at radius 3 is 2.89 bits per heavy atom. The summed E-state index contributed by atoms with van der Waals surface area (Å²) in [5.74, 6) is 1.46. The summed E-state index contributed by atoms with van der Waals surface area (Å²) in [5.41, 5.74) is 3.25. The van der Waals surface area contributed by atoms with E-state index in [9.17, 15) is 9.18 Å². The lowest BCUT2D eigenvalue weighted by atomic mass is 10.1. The molecular weight excluding hydrogens is 463 g/mol. The van der Waals surface area contributed by atoms with Crippen LogP contribution in [0.15, 0.2) is 61.1 Å². The first-order valence-corrected chi connectivity index (χ1v) is 11.8. The molecule has 1 amide bonds. The Kier molecular flexibility index (Phi) is 5.73. The predicted molar refractivity (Wildman–Crippen MR) is 131 cm³/mol. The molecule has 0 saturated carbocycles. The number of benzene rings is 2. The van der Waals surface area contributed by atoms with Gasteiger partial charge in [-0.1, -0.05) is 18.2 Å². The number of ether oxygens (including phenoxy) is 3. The predicted octanol–water partition coefficient (Wildman–Crippen LogP) is 4.58. The number of fused-ring (bicyclic) bond motifs is 2. The standard InChI is InChI=1S/C27H23FN4O4/c28-19-7-3-17(4-8-19)5-10-24(33)32-11-1-2-20(14-32)36-27-25-21(13-29-26(25)30-15-31-27)18-6-9-22-23(12-18)35-16-34-22/h3-10,12-13,15,20H,1-2,11,14,16H2,(H,29,30,31)/b10-5+/t20-/m1/s1. The molecule has 4 aromatic rings. The van der Waals surface area contributed by atoms with Gasteiger partial charge in [-0.05, 0) is 54.3 Å². The van der Waals surface area contributed by atoms with Crippen molar-refractivity contribution in [3.05, 3.63) is 72.4 Å². The van der Waals surface area contributed by atoms with Crippen LogP contribution in [0.4, 0.5) is 4.39 Å². The highest BCUT2D eigenvalue weighted by atomic mass is 19.1. The van der Waals surface area contributed by atoms with Crippen molar-refractivity contribution >= 4 is 23.0 Å². The Bertz CT molecular complexity index is 1450. The molecule has 182 valence electrons. The number of hydrogen-bond acceptors (Lipinski definition) is 6. The van der Waals surface area contributed by atoms with Crippen molar-refractivity contribution in [2.45, 2.75) is 18.9 Å². The van der Waals surface area contributed by atoms with Crippen LogP contribution in [-0.2, 0) is 4.79 Å². The number of amides is 1. The van der Waals surface area contributed by atoms with Gasteiger partial charge in [0.25, 0.3) is 0 Å². The minimum Gasteiger partial charge on any atom is -0.472 e. The average Bonchev–Trinajstić information content (AvgIpc) is 3.55. The summed E-state index contributed by atoms with van der Waals surface area (Å²) in [4.78, 5) is 26.5. The van der Waals surface area contributed by atoms with Crippen molar-refractivity contribution in [3.63, 3.8) is 0 Å². The van der Waals surface area contributed by atoms with Crippen molar-refractivity contribution < 1.29 is 23.4 Å². The molecule has 2 aromatic carbocycles. The van der Waals surface area contributed by atoms with E-state index >= 15 is 0 Å². The van der Waals surface area contributed by atoms with Crippen molar-refractivity contribution in [2.24, 2.45) is 0 Å². The third kappa shape index (κ3) is 4.35. The molecule has 9 heteroatoms. The van der Waals surface area contributed by atoms with E-state index in [1.165, 1.54) is 24.5 Å². The van der Waals surface area contributed by atoms with Gasteiger partial charge in [0.15, 0.2) is 11.5 Å². The molecule has 36 heavy (non-hydrogen) atoms. The van der Waals surface area contributed by atoms with E-state index in [0.717, 1.165) is 34.9 Å². The number of hydrogen-bond donors (Lipinski definition) is 1. The van der Waals surface area contributed by atoms with Crippen LogP contribution in [0.1, 0.15) is 18.4 Å². The quantitative estimate of drug-likeness (QED) is 0.416. The summed E-state index contributed by atoms with van der Waals surface area (Å²) < 4.78 is 30.4. The third-order valence-corrected chi connectivity index (χ3v) is 6.38. The summed E-state index contributed by atoms with van der Waals surface area (Å²) in [7, 11) is 0. The lowest BCUT2D eigenvalue weighted by Gasteiger charge is -2.32. The van der Waals surface area contributed by atoms with Crippen LogP contribution in [0.25, 0.3) is 28.2 Å². The highest BCUT2D eigenvalue weighted by molar-refractivity contribution is 5.97. The fourth-order valence-corrected chi connectivity index (χ4v) is 4.55. The second kappa shape index (κ2) is 9.33. The number of nitrogens with zero attached hydrogens (tertiary/aromatic N) is 3. The molecule has 6 rings (SSSR count). The topological polar surface area (TPSA) is 89.6 Å². The largest absolute Gasteiger partial charge is 0.472 e. The van der Waals surface area contributed by atoms with Gasteiger partial charge < -0.3 is 24.1 Å². The smallest absolute Gasteiger partial charge is 0.246 e. The van der Waals surface area contributed by atoms with Gasteiger partial charge >= 0.3 is 0 Å². The van der Waals surface area contributed by atoms with E-state index < -0.39 is 0 Å². The maximum atomic E-state index is 13.1. The summed E-state index contributed by atoms with van der Waals surface area (Å²) >= 11 is 0. The molecule has 2 aliphatic heterocycles. The van der Waals surface area contributed by atoms with Crippen molar-refractivity contribution in [1.82, 2.24) is 19.9 Å². The van der Waals surface area contributed by atoms with E-state index in [1.54, 1.807) is 23.1 Å². The highest BCUT2D eigenvalue weighted by Gasteiger charge is 2.26. The van der Waals surface area contributed by atoms with E-state index in [0.29, 0.717) is 36.1 Å². The number of likely N-dealkylation sites (tertiary alicyclic amines) is 1. The maximum Gasteiger partial charge on any atom is 0.246 e. The number of H-pyrrole nitrogens is 1. The molecular formula is C27H23FN4O4. The van der Waals surface area contributed by atoms with Gasteiger partial charge in [-0.15, -0.1) is 0 Å². The van der Waals surface area contributed by atoms with Crippen LogP contribution < -0.4 is 14.2 Å². The first-order valence-electron chi connectivity index (χ1n) is 11.8. The molecule has 1 atom stereocenters. The number of carbonyl (C=O) groups is 1. The zero-order valence-electron chi connectivity index (χ0n) is 19.3. The summed E-state index contributed by atoms with van der Waals surface area (Å²) in [6.07, 6.45) is 7.97. The number of aromatic amines is 1. The Labute approximate surface area is 206 Å². The van der Waals surface area contributed by atoms with Gasteiger partial charge in [0, 0.05) is 24.4 Å². The molecule has 1 fully saturated rings. The Hall–Kier alpha value is -4.40. The minimum atomic E-state index is -0.308. The van der Waals surface area contributed by atoms with Crippen molar-refractivity contribution in [2.75, 3.05) is 19.9 Å². The van der Waals surface area contributed by atoms with Crippen LogP contribution in [-0.4, -0.2) is 51.7 Å². The fraction of sp³-hybridized carbons (Fsp3) is 0.222. The first kappa shape index (κ1) is 22.1. The van der Waals surface area contributed by atoms with E-state index in [1.807, 2.05) is 24.4 Å². The Morgan fingerprint density at radius 2 is 2.00 bits per heavy atom. The zero-order valence-corrected chi connectivity index (χ0v) is 19.3. The Balaban J connectivity index is 1.21. The van der Waals surface area contributed by atoms with Gasteiger partial charge in [-0.3, -0.25) is 4.79 Å². The maximum absolute atomic E-state index is 13.1. The summed E-state index contributed by atoms with van der Waals surface area (Å²) in [6.45, 7) is 1.31. The molecule has 0 spiro atoms. The lowest BCUT2D eigenvalue weighted by molar-refractivity contribution is -0.128. The summed E-state index contributed by atoms with van der Waals surface area (Å²) in [6, 6.07) is 11.8. The van der Waals surface area contributed by atoms with Crippen LogP contribution in [0, 0.1) is 5.82 Å². The molecule has 2 aliphatic rings. The lowest BCUT2D eigenvalue weighted by Crippen LogP contribution is -2.43. The second-order valence-corrected chi connectivity index (χ2v) is 8.72. The van der Waals surface area contributed by atoms with Crippen LogP contribution in [0.5, 0.6) is 17.4 Å². The number of halogens is 1. The Morgan fingerprint density at radius 1 is 1.14 bits per heavy atom. The first-order chi connectivity index (χ1) is 17.6. The molecule has 2 aromatic heterocycles. The number of piperidine rings is 1. The van der Waals surface area contributed by atoms with E-state index in [4.69, 9.17) is 14.2 Å². The fourth-order valence-electron chi connectivity index (χ4n) is 4.55. The summed E-state index contributed by atoms with van der Waals surface area (Å²) in [5, 5.41) is 0.774. The molecule has 0 bridgehead atoms. The second-order valence-electron chi connectivity index (χ2n) is 8.72. The molecule has 0 radical (unpaired) electrons. The van der Waals surface area contributed by atoms with Gasteiger partial charge in [-0.25, -0.2) is 14.4 Å². The third-order valence-electron chi connectivity index (χ3n) is 6.38. The molecule has 8 nitrogen and oxygen atoms in total. The van der Waals surface area contributed by atoms with Crippen LogP contribution >= 0.6 is 0 Å². The number of nitrogens with one attached hydrogen (secondary N) is 1. The van der Waals surface area contributed by atoms with E-state index in [-0.39, 0.29) is 24.6 Å². The molecule has 0 aliphatic carbocycles. The molecule has 0 unspecified atom stereocenters. The van der Waals surface area contributed by atoms with Gasteiger partial charge in [0.1, 0.15) is 23.9 Å². The number of rotatable bonds is 5. The van der Waals surface area contributed by atoms with Gasteiger partial charge in [0.2, 0.25) is 18.6 Å². The highest BCUT2D eigenvalue weighted by Crippen LogP contribution is 2.39. The van der Waals surface area contributed by atoms with E-state index in [2.05, 4.69) is 15.0 Å². The van der Waals surface area contributed by atoms with Gasteiger partial charge in [0.05, 0.1) is 11.9 Å². The van der Waals surface area contributed by atoms with Crippen molar-refractivity contribution in [3.8, 4) is 28.5 Å². The monoisotopic (exact) mass is 486 g/mol. The number of aromatic nitrogens is 3. The van der Waals surface area contributed by atoms with Gasteiger partial charge in [-0.2, -0.15) is 0 Å². The molecule has 4 heterocycles. The zero-order chi connectivity index (χ0) is 24.5. The average molecular weight is 487 g/mol. The van der Waals surface area contributed by atoms with Crippen LogP contribution in [0.2, 0.25) is 0 Å². The molecule has 1 saturated heterocycles. The van der Waals surface area contributed by atoms with Crippen molar-refractivity contribution in [1.29, 1.82) is 0 Å². The SMILES string of the molecule is O=C(/C=C/c1ccc(F)cc1)N1CCC[C@@H](Oc2ncnc3[nH]cc(-c4ccc5c(c4)OCO5)c23)C1.